The number of likely N-dealkylation sites (N-methyl/N-ethyl adjacent to an activating group) is 1. The summed E-state index contributed by atoms with van der Waals surface area (Å²) in [7, 11) is 1.63. The highest BCUT2D eigenvalue weighted by atomic mass is 19.1. The van der Waals surface area contributed by atoms with Crippen LogP contribution in [0.4, 0.5) is 14.9 Å². The number of para-hydroxylation sites is 1. The second-order valence-corrected chi connectivity index (χ2v) is 10.2. The van der Waals surface area contributed by atoms with Crippen molar-refractivity contribution < 1.29 is 28.2 Å². The number of benzene rings is 2. The predicted molar refractivity (Wildman–Crippen MR) is 149 cm³/mol. The molecule has 40 heavy (non-hydrogen) atoms. The second-order valence-electron chi connectivity index (χ2n) is 10.2. The summed E-state index contributed by atoms with van der Waals surface area (Å²) in [6, 6.07) is 15.9. The zero-order valence-corrected chi connectivity index (χ0v) is 22.5. The van der Waals surface area contributed by atoms with E-state index in [0.717, 1.165) is 11.0 Å². The van der Waals surface area contributed by atoms with Crippen LogP contribution in [0.15, 0.2) is 71.3 Å². The van der Waals surface area contributed by atoms with Crippen molar-refractivity contribution in [2.75, 3.05) is 32.1 Å². The molecule has 9 nitrogen and oxygen atoms in total. The van der Waals surface area contributed by atoms with Gasteiger partial charge in [-0.3, -0.25) is 4.79 Å². The molecule has 3 unspecified atom stereocenters. The number of urea groups is 1. The fourth-order valence-electron chi connectivity index (χ4n) is 4.68. The largest absolute Gasteiger partial charge is 0.472 e. The molecule has 4 aromatic rings. The van der Waals surface area contributed by atoms with E-state index in [-0.39, 0.29) is 36.4 Å². The van der Waals surface area contributed by atoms with E-state index < -0.39 is 24.0 Å². The zero-order chi connectivity index (χ0) is 28.4. The highest BCUT2D eigenvalue weighted by Crippen LogP contribution is 2.33. The Kier molecular flexibility index (Phi) is 7.70. The van der Waals surface area contributed by atoms with Crippen LogP contribution >= 0.6 is 0 Å². The number of aromatic nitrogens is 1. The molecule has 2 aromatic carbocycles. The van der Waals surface area contributed by atoms with Gasteiger partial charge >= 0.3 is 6.03 Å². The topological polar surface area (TPSA) is 108 Å². The quantitative estimate of drug-likeness (QED) is 0.352. The SMILES string of the molecule is CC1CN(C(C)CO)C(=O)c2cc(-c3cc4ccccc4o3)cnc2OC1CN(C)C(=O)Nc1ccc(F)cc1. The maximum absolute atomic E-state index is 13.7. The van der Waals surface area contributed by atoms with Crippen molar-refractivity contribution in [1.29, 1.82) is 0 Å². The summed E-state index contributed by atoms with van der Waals surface area (Å²) in [6.45, 7) is 3.98. The molecule has 1 aliphatic rings. The Bertz CT molecular complexity index is 1490. The van der Waals surface area contributed by atoms with Crippen molar-refractivity contribution in [2.24, 2.45) is 5.92 Å². The van der Waals surface area contributed by atoms with Crippen molar-refractivity contribution in [3.05, 3.63) is 78.2 Å². The molecule has 3 heterocycles. The number of pyridine rings is 1. The number of hydrogen-bond acceptors (Lipinski definition) is 6. The molecular weight excluding hydrogens is 515 g/mol. The van der Waals surface area contributed by atoms with Gasteiger partial charge < -0.3 is 29.4 Å². The third-order valence-corrected chi connectivity index (χ3v) is 7.13. The van der Waals surface area contributed by atoms with Gasteiger partial charge in [-0.25, -0.2) is 14.2 Å². The summed E-state index contributed by atoms with van der Waals surface area (Å²) in [5.74, 6) is -0.202. The molecule has 0 aliphatic carbocycles. The van der Waals surface area contributed by atoms with Gasteiger partial charge in [-0.15, -0.1) is 0 Å². The molecule has 3 atom stereocenters. The number of carbonyl (C=O) groups excluding carboxylic acids is 2. The number of furan rings is 1. The van der Waals surface area contributed by atoms with E-state index in [1.165, 1.54) is 29.2 Å². The van der Waals surface area contributed by atoms with Crippen molar-refractivity contribution in [3.8, 4) is 17.2 Å². The molecule has 0 fully saturated rings. The van der Waals surface area contributed by atoms with Crippen LogP contribution in [0.5, 0.6) is 5.88 Å². The highest BCUT2D eigenvalue weighted by Gasteiger charge is 2.35. The number of anilines is 1. The average Bonchev–Trinajstić information content (AvgIpc) is 3.40. The standard InChI is InChI=1S/C30H31FN4O5/c1-18-15-35(19(2)17-36)29(37)24-12-21(26-13-20-6-4-5-7-25(20)39-26)14-32-28(24)40-27(18)16-34(3)30(38)33-23-10-8-22(31)9-11-23/h4-14,18-19,27,36H,15-17H2,1-3H3,(H,33,38). The van der Waals surface area contributed by atoms with Crippen molar-refractivity contribution in [2.45, 2.75) is 26.0 Å². The number of halogens is 1. The molecule has 10 heteroatoms. The first kappa shape index (κ1) is 27.1. The first-order valence-electron chi connectivity index (χ1n) is 13.1. The Labute approximate surface area is 231 Å². The molecular formula is C30H31FN4O5. The van der Waals surface area contributed by atoms with Crippen LogP contribution < -0.4 is 10.1 Å². The number of ether oxygens (including phenoxy) is 1. The summed E-state index contributed by atoms with van der Waals surface area (Å²) in [5, 5.41) is 13.6. The molecule has 2 aromatic heterocycles. The maximum Gasteiger partial charge on any atom is 0.321 e. The number of aliphatic hydroxyl groups is 1. The minimum atomic E-state index is -0.520. The molecule has 0 bridgehead atoms. The van der Waals surface area contributed by atoms with Gasteiger partial charge in [0.1, 0.15) is 28.8 Å². The molecule has 208 valence electrons. The number of amides is 3. The van der Waals surface area contributed by atoms with Crippen LogP contribution in [-0.4, -0.2) is 70.7 Å². The van der Waals surface area contributed by atoms with E-state index in [9.17, 15) is 19.1 Å². The number of hydrogen-bond donors (Lipinski definition) is 2. The zero-order valence-electron chi connectivity index (χ0n) is 22.5. The monoisotopic (exact) mass is 546 g/mol. The third kappa shape index (κ3) is 5.62. The lowest BCUT2D eigenvalue weighted by molar-refractivity contribution is 0.0356. The fraction of sp³-hybridized carbons (Fsp3) is 0.300. The van der Waals surface area contributed by atoms with E-state index in [1.54, 1.807) is 31.1 Å². The van der Waals surface area contributed by atoms with Crippen LogP contribution in [0.25, 0.3) is 22.3 Å². The maximum atomic E-state index is 13.7. The number of aliphatic hydroxyl groups excluding tert-OH is 1. The first-order valence-corrected chi connectivity index (χ1v) is 13.1. The lowest BCUT2D eigenvalue weighted by Gasteiger charge is -2.37. The van der Waals surface area contributed by atoms with Gasteiger partial charge in [0.2, 0.25) is 5.88 Å². The molecule has 0 saturated carbocycles. The van der Waals surface area contributed by atoms with E-state index >= 15 is 0 Å². The van der Waals surface area contributed by atoms with Gasteiger partial charge in [0.05, 0.1) is 19.2 Å². The van der Waals surface area contributed by atoms with Crippen LogP contribution in [0.3, 0.4) is 0 Å². The van der Waals surface area contributed by atoms with Gasteiger partial charge in [0.25, 0.3) is 5.91 Å². The Morgan fingerprint density at radius 3 is 2.70 bits per heavy atom. The average molecular weight is 547 g/mol. The second kappa shape index (κ2) is 11.4. The summed E-state index contributed by atoms with van der Waals surface area (Å²) in [4.78, 5) is 34.2. The predicted octanol–water partition coefficient (Wildman–Crippen LogP) is 5.02. The van der Waals surface area contributed by atoms with Crippen LogP contribution in [0.2, 0.25) is 0 Å². The van der Waals surface area contributed by atoms with Crippen molar-refractivity contribution >= 4 is 28.6 Å². The summed E-state index contributed by atoms with van der Waals surface area (Å²) < 4.78 is 25.5. The van der Waals surface area contributed by atoms with E-state index in [2.05, 4.69) is 10.3 Å². The number of fused-ring (bicyclic) bond motifs is 2. The van der Waals surface area contributed by atoms with E-state index in [4.69, 9.17) is 9.15 Å². The molecule has 5 rings (SSSR count). The molecule has 3 amide bonds. The summed E-state index contributed by atoms with van der Waals surface area (Å²) >= 11 is 0. The lowest BCUT2D eigenvalue weighted by Crippen LogP contribution is -2.50. The van der Waals surface area contributed by atoms with E-state index in [1.807, 2.05) is 37.3 Å². The van der Waals surface area contributed by atoms with Crippen LogP contribution in [0.1, 0.15) is 24.2 Å². The van der Waals surface area contributed by atoms with Gasteiger partial charge in [-0.05, 0) is 49.4 Å². The minimum absolute atomic E-state index is 0.142. The molecule has 2 N–H and O–H groups in total. The van der Waals surface area contributed by atoms with Gasteiger partial charge in [-0.1, -0.05) is 25.1 Å². The summed E-state index contributed by atoms with van der Waals surface area (Å²) in [5.41, 5.74) is 2.04. The molecule has 0 radical (unpaired) electrons. The number of nitrogens with zero attached hydrogens (tertiary/aromatic N) is 3. The summed E-state index contributed by atoms with van der Waals surface area (Å²) in [6.07, 6.45) is 1.08. The molecule has 1 aliphatic heterocycles. The number of carbonyl (C=O) groups is 2. The smallest absolute Gasteiger partial charge is 0.321 e. The number of nitrogens with one attached hydrogen (secondary N) is 1. The fourth-order valence-corrected chi connectivity index (χ4v) is 4.68. The van der Waals surface area contributed by atoms with Crippen molar-refractivity contribution in [3.63, 3.8) is 0 Å². The lowest BCUT2D eigenvalue weighted by atomic mass is 9.99. The number of rotatable bonds is 6. The Morgan fingerprint density at radius 1 is 1.23 bits per heavy atom. The third-order valence-electron chi connectivity index (χ3n) is 7.13. The molecule has 0 saturated heterocycles. The Balaban J connectivity index is 1.44. The van der Waals surface area contributed by atoms with Crippen molar-refractivity contribution in [1.82, 2.24) is 14.8 Å². The van der Waals surface area contributed by atoms with Crippen LogP contribution in [0, 0.1) is 11.7 Å². The Morgan fingerprint density at radius 2 is 1.98 bits per heavy atom. The van der Waals surface area contributed by atoms with Crippen LogP contribution in [-0.2, 0) is 0 Å². The van der Waals surface area contributed by atoms with Gasteiger partial charge in [0.15, 0.2) is 0 Å². The van der Waals surface area contributed by atoms with Gasteiger partial charge in [0, 0.05) is 42.3 Å². The van der Waals surface area contributed by atoms with E-state index in [0.29, 0.717) is 23.6 Å². The Hall–Kier alpha value is -4.44. The normalized spacial score (nSPS) is 17.9. The molecule has 0 spiro atoms. The van der Waals surface area contributed by atoms with Gasteiger partial charge in [-0.2, -0.15) is 0 Å². The first-order chi connectivity index (χ1) is 19.2. The highest BCUT2D eigenvalue weighted by molar-refractivity contribution is 5.98. The minimum Gasteiger partial charge on any atom is -0.472 e.